The van der Waals surface area contributed by atoms with Crippen LogP contribution in [0.1, 0.15) is 37.8 Å². The van der Waals surface area contributed by atoms with Gasteiger partial charge in [0.05, 0.1) is 0 Å². The molecule has 1 heteroatoms. The monoisotopic (exact) mass is 203 g/mol. The summed E-state index contributed by atoms with van der Waals surface area (Å²) in [6.45, 7) is 5.69. The first-order chi connectivity index (χ1) is 7.25. The number of aryl methyl sites for hydroxylation is 1. The minimum absolute atomic E-state index is 0.744. The fraction of sp³-hybridized carbons (Fsp3) is 0.571. The molecule has 0 aromatic heterocycles. The highest BCUT2D eigenvalue weighted by atomic mass is 14.9. The third kappa shape index (κ3) is 2.74. The van der Waals surface area contributed by atoms with E-state index in [1.54, 1.807) is 0 Å². The van der Waals surface area contributed by atoms with Crippen LogP contribution in [-0.4, -0.2) is 6.54 Å². The van der Waals surface area contributed by atoms with E-state index < -0.39 is 0 Å². The SMILES string of the molecule is CC(C)Cc1ccc2c(c1)NCCCC2. The third-order valence-electron chi connectivity index (χ3n) is 3.01. The Morgan fingerprint density at radius 1 is 1.27 bits per heavy atom. The van der Waals surface area contributed by atoms with E-state index in [4.69, 9.17) is 0 Å². The number of rotatable bonds is 2. The molecule has 1 nitrogen and oxygen atoms in total. The average Bonchev–Trinajstić information content (AvgIpc) is 2.41. The summed E-state index contributed by atoms with van der Waals surface area (Å²) in [6.07, 6.45) is 5.05. The normalized spacial score (nSPS) is 15.7. The lowest BCUT2D eigenvalue weighted by molar-refractivity contribution is 0.647. The van der Waals surface area contributed by atoms with E-state index in [0.29, 0.717) is 0 Å². The topological polar surface area (TPSA) is 12.0 Å². The summed E-state index contributed by atoms with van der Waals surface area (Å²) in [4.78, 5) is 0. The minimum Gasteiger partial charge on any atom is -0.385 e. The highest BCUT2D eigenvalue weighted by molar-refractivity contribution is 5.54. The zero-order valence-corrected chi connectivity index (χ0v) is 9.84. The maximum atomic E-state index is 3.54. The molecule has 0 unspecified atom stereocenters. The molecule has 0 fully saturated rings. The van der Waals surface area contributed by atoms with E-state index >= 15 is 0 Å². The number of anilines is 1. The predicted molar refractivity (Wildman–Crippen MR) is 66.4 cm³/mol. The molecule has 1 aromatic rings. The maximum Gasteiger partial charge on any atom is 0.0375 e. The van der Waals surface area contributed by atoms with Crippen LogP contribution in [-0.2, 0) is 12.8 Å². The van der Waals surface area contributed by atoms with Gasteiger partial charge in [-0.3, -0.25) is 0 Å². The maximum absolute atomic E-state index is 3.54. The van der Waals surface area contributed by atoms with Crippen LogP contribution in [0.2, 0.25) is 0 Å². The first-order valence-electron chi connectivity index (χ1n) is 6.11. The molecule has 0 aliphatic carbocycles. The van der Waals surface area contributed by atoms with Crippen molar-refractivity contribution in [1.29, 1.82) is 0 Å². The Morgan fingerprint density at radius 3 is 2.93 bits per heavy atom. The van der Waals surface area contributed by atoms with Gasteiger partial charge in [0.25, 0.3) is 0 Å². The molecule has 0 atom stereocenters. The fourth-order valence-corrected chi connectivity index (χ4v) is 2.27. The van der Waals surface area contributed by atoms with Gasteiger partial charge in [-0.05, 0) is 48.8 Å². The summed E-state index contributed by atoms with van der Waals surface area (Å²) in [6, 6.07) is 6.96. The molecular formula is C14H21N. The van der Waals surface area contributed by atoms with Gasteiger partial charge in [0, 0.05) is 12.2 Å². The number of hydrogen-bond acceptors (Lipinski definition) is 1. The second-order valence-corrected chi connectivity index (χ2v) is 4.97. The first-order valence-corrected chi connectivity index (χ1v) is 6.11. The lowest BCUT2D eigenvalue weighted by Crippen LogP contribution is -2.01. The molecule has 1 N–H and O–H groups in total. The van der Waals surface area contributed by atoms with Crippen LogP contribution in [0.4, 0.5) is 5.69 Å². The van der Waals surface area contributed by atoms with Crippen molar-refractivity contribution in [3.63, 3.8) is 0 Å². The Labute approximate surface area is 92.9 Å². The summed E-state index contributed by atoms with van der Waals surface area (Å²) in [5.41, 5.74) is 4.35. The van der Waals surface area contributed by atoms with Gasteiger partial charge in [-0.15, -0.1) is 0 Å². The van der Waals surface area contributed by atoms with Gasteiger partial charge in [0.2, 0.25) is 0 Å². The minimum atomic E-state index is 0.744. The summed E-state index contributed by atoms with van der Waals surface area (Å²) in [7, 11) is 0. The van der Waals surface area contributed by atoms with Crippen molar-refractivity contribution >= 4 is 5.69 Å². The second-order valence-electron chi connectivity index (χ2n) is 4.97. The van der Waals surface area contributed by atoms with Gasteiger partial charge in [0.1, 0.15) is 0 Å². The van der Waals surface area contributed by atoms with E-state index in [-0.39, 0.29) is 0 Å². The molecule has 1 aliphatic heterocycles. The zero-order chi connectivity index (χ0) is 10.7. The quantitative estimate of drug-likeness (QED) is 0.774. The van der Waals surface area contributed by atoms with E-state index in [9.17, 15) is 0 Å². The molecule has 0 bridgehead atoms. The van der Waals surface area contributed by atoms with E-state index in [1.165, 1.54) is 42.5 Å². The van der Waals surface area contributed by atoms with Gasteiger partial charge < -0.3 is 5.32 Å². The molecule has 0 spiro atoms. The Bertz CT molecular complexity index is 328. The van der Waals surface area contributed by atoms with Crippen molar-refractivity contribution in [1.82, 2.24) is 0 Å². The lowest BCUT2D eigenvalue weighted by Gasteiger charge is -2.11. The highest BCUT2D eigenvalue weighted by Gasteiger charge is 2.08. The van der Waals surface area contributed by atoms with Gasteiger partial charge in [-0.25, -0.2) is 0 Å². The Hall–Kier alpha value is -0.980. The lowest BCUT2D eigenvalue weighted by atomic mass is 9.99. The smallest absolute Gasteiger partial charge is 0.0375 e. The van der Waals surface area contributed by atoms with E-state index in [0.717, 1.165) is 12.5 Å². The van der Waals surface area contributed by atoms with Crippen molar-refractivity contribution in [2.24, 2.45) is 5.92 Å². The van der Waals surface area contributed by atoms with Crippen LogP contribution >= 0.6 is 0 Å². The zero-order valence-electron chi connectivity index (χ0n) is 9.84. The van der Waals surface area contributed by atoms with E-state index in [1.807, 2.05) is 0 Å². The number of fused-ring (bicyclic) bond motifs is 1. The van der Waals surface area contributed by atoms with Gasteiger partial charge >= 0.3 is 0 Å². The van der Waals surface area contributed by atoms with Crippen LogP contribution in [0, 0.1) is 5.92 Å². The predicted octanol–water partition coefficient (Wildman–Crippen LogP) is 3.63. The fourth-order valence-electron chi connectivity index (χ4n) is 2.27. The molecule has 1 aromatic carbocycles. The Balaban J connectivity index is 2.20. The van der Waals surface area contributed by atoms with Crippen LogP contribution in [0.5, 0.6) is 0 Å². The third-order valence-corrected chi connectivity index (χ3v) is 3.01. The molecule has 0 radical (unpaired) electrons. The highest BCUT2D eigenvalue weighted by Crippen LogP contribution is 2.23. The summed E-state index contributed by atoms with van der Waals surface area (Å²) >= 11 is 0. The van der Waals surface area contributed by atoms with Crippen LogP contribution < -0.4 is 5.32 Å². The average molecular weight is 203 g/mol. The second kappa shape index (κ2) is 4.69. The number of nitrogens with one attached hydrogen (secondary N) is 1. The van der Waals surface area contributed by atoms with Crippen molar-refractivity contribution in [2.45, 2.75) is 39.5 Å². The molecule has 0 saturated carbocycles. The summed E-state index contributed by atoms with van der Waals surface area (Å²) in [5.74, 6) is 0.744. The van der Waals surface area contributed by atoms with Gasteiger partial charge in [-0.2, -0.15) is 0 Å². The molecule has 1 aliphatic rings. The van der Waals surface area contributed by atoms with Crippen LogP contribution in [0.15, 0.2) is 18.2 Å². The molecule has 0 amide bonds. The molecule has 0 saturated heterocycles. The standard InChI is InChI=1S/C14H21N/c1-11(2)9-12-6-7-13-5-3-4-8-15-14(13)10-12/h6-7,10-11,15H,3-5,8-9H2,1-2H3. The number of benzene rings is 1. The van der Waals surface area contributed by atoms with Gasteiger partial charge in [-0.1, -0.05) is 26.0 Å². The molecule has 2 rings (SSSR count). The molecule has 1 heterocycles. The molecular weight excluding hydrogens is 182 g/mol. The van der Waals surface area contributed by atoms with Crippen molar-refractivity contribution in [2.75, 3.05) is 11.9 Å². The van der Waals surface area contributed by atoms with Gasteiger partial charge in [0.15, 0.2) is 0 Å². The Kier molecular flexibility index (Phi) is 3.30. The first kappa shape index (κ1) is 10.5. The summed E-state index contributed by atoms with van der Waals surface area (Å²) < 4.78 is 0. The number of hydrogen-bond donors (Lipinski definition) is 1. The van der Waals surface area contributed by atoms with Crippen molar-refractivity contribution < 1.29 is 0 Å². The van der Waals surface area contributed by atoms with Crippen molar-refractivity contribution in [3.05, 3.63) is 29.3 Å². The Morgan fingerprint density at radius 2 is 2.13 bits per heavy atom. The molecule has 82 valence electrons. The van der Waals surface area contributed by atoms with E-state index in [2.05, 4.69) is 37.4 Å². The summed E-state index contributed by atoms with van der Waals surface area (Å²) in [5, 5.41) is 3.54. The van der Waals surface area contributed by atoms with Crippen LogP contribution in [0.3, 0.4) is 0 Å². The van der Waals surface area contributed by atoms with Crippen molar-refractivity contribution in [3.8, 4) is 0 Å². The largest absolute Gasteiger partial charge is 0.385 e. The molecule has 15 heavy (non-hydrogen) atoms. The van der Waals surface area contributed by atoms with Crippen LogP contribution in [0.25, 0.3) is 0 Å².